The van der Waals surface area contributed by atoms with Crippen LogP contribution in [0.2, 0.25) is 0 Å². The van der Waals surface area contributed by atoms with E-state index in [4.69, 9.17) is 14.3 Å². The average Bonchev–Trinajstić information content (AvgIpc) is 2.70. The number of oxime groups is 1. The molecule has 142 valence electrons. The first kappa shape index (κ1) is 20.0. The Bertz CT molecular complexity index is 787. The second-order valence-electron chi connectivity index (χ2n) is 5.51. The van der Waals surface area contributed by atoms with Gasteiger partial charge in [0.15, 0.2) is 6.61 Å². The summed E-state index contributed by atoms with van der Waals surface area (Å²) in [4.78, 5) is 28.6. The van der Waals surface area contributed by atoms with Gasteiger partial charge in [-0.15, -0.1) is 0 Å². The van der Waals surface area contributed by atoms with Crippen LogP contribution >= 0.6 is 0 Å². The quantitative estimate of drug-likeness (QED) is 0.416. The van der Waals surface area contributed by atoms with Crippen LogP contribution in [0.3, 0.4) is 0 Å². The lowest BCUT2D eigenvalue weighted by atomic mass is 10.2. The molecule has 0 saturated heterocycles. The number of ether oxygens (including phenoxy) is 2. The van der Waals surface area contributed by atoms with Crippen LogP contribution in [-0.2, 0) is 14.4 Å². The number of methoxy groups -OCH3 is 1. The molecule has 0 spiro atoms. The van der Waals surface area contributed by atoms with Gasteiger partial charge in [0.2, 0.25) is 0 Å². The third-order valence-corrected chi connectivity index (χ3v) is 3.44. The molecule has 0 atom stereocenters. The summed E-state index contributed by atoms with van der Waals surface area (Å²) in [5.41, 5.74) is 1.72. The number of para-hydroxylation sites is 1. The number of nitrogens with one attached hydrogen (secondary N) is 1. The van der Waals surface area contributed by atoms with Gasteiger partial charge in [-0.1, -0.05) is 24.2 Å². The average molecular weight is 370 g/mol. The largest absolute Gasteiger partial charge is 0.496 e. The second-order valence-corrected chi connectivity index (χ2v) is 5.51. The maximum atomic E-state index is 11.9. The van der Waals surface area contributed by atoms with Gasteiger partial charge in [-0.25, -0.2) is 4.79 Å². The van der Waals surface area contributed by atoms with Gasteiger partial charge >= 0.3 is 5.97 Å². The monoisotopic (exact) mass is 370 g/mol. The highest BCUT2D eigenvalue weighted by molar-refractivity contribution is 5.93. The Morgan fingerprint density at radius 2 is 1.85 bits per heavy atom. The molecule has 27 heavy (non-hydrogen) atoms. The summed E-state index contributed by atoms with van der Waals surface area (Å²) in [5.74, 6) is -0.0934. The van der Waals surface area contributed by atoms with Crippen molar-refractivity contribution in [3.8, 4) is 5.75 Å². The van der Waals surface area contributed by atoms with Crippen molar-refractivity contribution in [3.63, 3.8) is 0 Å². The number of rotatable bonds is 9. The van der Waals surface area contributed by atoms with Crippen molar-refractivity contribution in [2.24, 2.45) is 5.16 Å². The van der Waals surface area contributed by atoms with Crippen molar-refractivity contribution in [1.29, 1.82) is 0 Å². The van der Waals surface area contributed by atoms with Crippen LogP contribution in [0.5, 0.6) is 5.75 Å². The molecular formula is C20H22N2O5. The number of anilines is 1. The van der Waals surface area contributed by atoms with E-state index in [2.05, 4.69) is 10.5 Å². The van der Waals surface area contributed by atoms with Gasteiger partial charge < -0.3 is 19.6 Å². The minimum absolute atomic E-state index is 0.244. The summed E-state index contributed by atoms with van der Waals surface area (Å²) < 4.78 is 10.2. The van der Waals surface area contributed by atoms with Crippen molar-refractivity contribution in [2.75, 3.05) is 25.6 Å². The molecule has 7 heteroatoms. The first-order valence-corrected chi connectivity index (χ1v) is 8.49. The van der Waals surface area contributed by atoms with E-state index in [1.54, 1.807) is 37.4 Å². The predicted octanol–water partition coefficient (Wildman–Crippen LogP) is 3.25. The number of nitrogens with zero attached hydrogens (tertiary/aromatic N) is 1. The van der Waals surface area contributed by atoms with E-state index in [1.807, 2.05) is 25.1 Å². The third kappa shape index (κ3) is 6.47. The summed E-state index contributed by atoms with van der Waals surface area (Å²) in [6.07, 6.45) is 2.24. The molecule has 0 fully saturated rings. The smallest absolute Gasteiger partial charge is 0.338 e. The SMILES string of the molecule is CCCOC(=O)c1ccc(NC(=O)CO/N=C\c2ccccc2OC)cc1. The predicted molar refractivity (Wildman–Crippen MR) is 102 cm³/mol. The highest BCUT2D eigenvalue weighted by Crippen LogP contribution is 2.14. The Balaban J connectivity index is 1.80. The van der Waals surface area contributed by atoms with Crippen molar-refractivity contribution in [3.05, 3.63) is 59.7 Å². The molecule has 0 aliphatic carbocycles. The number of hydrogen-bond acceptors (Lipinski definition) is 6. The number of amides is 1. The number of benzene rings is 2. The Labute approximate surface area is 157 Å². The summed E-state index contributed by atoms with van der Waals surface area (Å²) in [7, 11) is 1.57. The third-order valence-electron chi connectivity index (χ3n) is 3.44. The molecule has 0 unspecified atom stereocenters. The fourth-order valence-corrected chi connectivity index (χ4v) is 2.13. The Morgan fingerprint density at radius 3 is 2.56 bits per heavy atom. The molecule has 2 rings (SSSR count). The molecule has 0 aliphatic heterocycles. The molecule has 0 radical (unpaired) electrons. The molecule has 7 nitrogen and oxygen atoms in total. The van der Waals surface area contributed by atoms with Crippen molar-refractivity contribution >= 4 is 23.8 Å². The minimum atomic E-state index is -0.385. The zero-order valence-corrected chi connectivity index (χ0v) is 15.3. The van der Waals surface area contributed by atoms with Gasteiger partial charge in [-0.05, 0) is 42.8 Å². The van der Waals surface area contributed by atoms with E-state index < -0.39 is 0 Å². The van der Waals surface area contributed by atoms with E-state index >= 15 is 0 Å². The summed E-state index contributed by atoms with van der Waals surface area (Å²) in [6.45, 7) is 2.06. The normalized spacial score (nSPS) is 10.4. The van der Waals surface area contributed by atoms with E-state index in [0.717, 1.165) is 12.0 Å². The first-order valence-electron chi connectivity index (χ1n) is 8.49. The van der Waals surface area contributed by atoms with Crippen LogP contribution in [0, 0.1) is 0 Å². The van der Waals surface area contributed by atoms with Crippen LogP contribution in [0.15, 0.2) is 53.7 Å². The molecule has 0 aromatic heterocycles. The van der Waals surface area contributed by atoms with Gasteiger partial charge in [-0.2, -0.15) is 0 Å². The molecule has 0 heterocycles. The van der Waals surface area contributed by atoms with Crippen LogP contribution in [0.25, 0.3) is 0 Å². The van der Waals surface area contributed by atoms with E-state index in [0.29, 0.717) is 23.6 Å². The highest BCUT2D eigenvalue weighted by atomic mass is 16.6. The summed E-state index contributed by atoms with van der Waals surface area (Å²) in [5, 5.41) is 6.43. The molecule has 0 bridgehead atoms. The zero-order chi connectivity index (χ0) is 19.5. The molecular weight excluding hydrogens is 348 g/mol. The lowest BCUT2D eigenvalue weighted by Crippen LogP contribution is -2.17. The van der Waals surface area contributed by atoms with Crippen molar-refractivity contribution in [2.45, 2.75) is 13.3 Å². The maximum absolute atomic E-state index is 11.9. The first-order chi connectivity index (χ1) is 13.1. The summed E-state index contributed by atoms with van der Waals surface area (Å²) in [6, 6.07) is 13.7. The lowest BCUT2D eigenvalue weighted by molar-refractivity contribution is -0.120. The van der Waals surface area contributed by atoms with E-state index in [1.165, 1.54) is 6.21 Å². The number of carbonyl (C=O) groups is 2. The van der Waals surface area contributed by atoms with Crippen molar-refractivity contribution < 1.29 is 23.9 Å². The molecule has 1 amide bonds. The van der Waals surface area contributed by atoms with Gasteiger partial charge in [0, 0.05) is 11.3 Å². The van der Waals surface area contributed by atoms with Crippen LogP contribution in [0.1, 0.15) is 29.3 Å². The second kappa shape index (κ2) is 10.6. The fraction of sp³-hybridized carbons (Fsp3) is 0.250. The number of esters is 1. The van der Waals surface area contributed by atoms with E-state index in [-0.39, 0.29) is 18.5 Å². The molecule has 1 N–H and O–H groups in total. The topological polar surface area (TPSA) is 86.2 Å². The molecule has 2 aromatic carbocycles. The Hall–Kier alpha value is -3.35. The van der Waals surface area contributed by atoms with Crippen LogP contribution in [0.4, 0.5) is 5.69 Å². The van der Waals surface area contributed by atoms with Gasteiger partial charge in [0.05, 0.1) is 25.5 Å². The zero-order valence-electron chi connectivity index (χ0n) is 15.3. The molecule has 2 aromatic rings. The van der Waals surface area contributed by atoms with Gasteiger partial charge in [0.25, 0.3) is 5.91 Å². The van der Waals surface area contributed by atoms with E-state index in [9.17, 15) is 9.59 Å². The maximum Gasteiger partial charge on any atom is 0.338 e. The van der Waals surface area contributed by atoms with Crippen molar-refractivity contribution in [1.82, 2.24) is 0 Å². The van der Waals surface area contributed by atoms with Crippen LogP contribution < -0.4 is 10.1 Å². The van der Waals surface area contributed by atoms with Gasteiger partial charge in [0.1, 0.15) is 5.75 Å². The minimum Gasteiger partial charge on any atom is -0.496 e. The Morgan fingerprint density at radius 1 is 1.11 bits per heavy atom. The standard InChI is InChI=1S/C20H22N2O5/c1-3-12-26-20(24)15-8-10-17(11-9-15)22-19(23)14-27-21-13-16-6-4-5-7-18(16)25-2/h4-11,13H,3,12,14H2,1-2H3,(H,22,23)/b21-13-. The highest BCUT2D eigenvalue weighted by Gasteiger charge is 2.08. The molecule has 0 saturated carbocycles. The summed E-state index contributed by atoms with van der Waals surface area (Å²) >= 11 is 0. The number of carbonyl (C=O) groups excluding carboxylic acids is 2. The number of hydrogen-bond donors (Lipinski definition) is 1. The molecule has 0 aliphatic rings. The fourth-order valence-electron chi connectivity index (χ4n) is 2.13. The van der Waals surface area contributed by atoms with Gasteiger partial charge in [-0.3, -0.25) is 4.79 Å². The van der Waals surface area contributed by atoms with Crippen LogP contribution in [-0.4, -0.2) is 38.4 Å². The lowest BCUT2D eigenvalue weighted by Gasteiger charge is -2.06. The Kier molecular flexibility index (Phi) is 7.84.